The van der Waals surface area contributed by atoms with E-state index >= 15 is 0 Å². The quantitative estimate of drug-likeness (QED) is 0.743. The zero-order valence-corrected chi connectivity index (χ0v) is 15.6. The van der Waals surface area contributed by atoms with Crippen LogP contribution in [0.5, 0.6) is 5.75 Å². The van der Waals surface area contributed by atoms with Crippen molar-refractivity contribution in [1.29, 1.82) is 0 Å². The van der Waals surface area contributed by atoms with Crippen LogP contribution in [-0.4, -0.2) is 32.4 Å². The predicted octanol–water partition coefficient (Wildman–Crippen LogP) is 3.36. The maximum atomic E-state index is 12.5. The number of para-hydroxylation sites is 1. The Morgan fingerprint density at radius 1 is 1.00 bits per heavy atom. The Kier molecular flexibility index (Phi) is 6.41. The van der Waals surface area contributed by atoms with E-state index in [0.717, 1.165) is 18.4 Å². The van der Waals surface area contributed by atoms with Gasteiger partial charge in [0.2, 0.25) is 10.0 Å². The fourth-order valence-corrected chi connectivity index (χ4v) is 4.58. The number of halogens is 2. The van der Waals surface area contributed by atoms with Crippen LogP contribution in [0.4, 0.5) is 8.78 Å². The van der Waals surface area contributed by atoms with Gasteiger partial charge in [0.25, 0.3) is 0 Å². The second-order valence-electron chi connectivity index (χ2n) is 6.34. The maximum absolute atomic E-state index is 12.5. The van der Waals surface area contributed by atoms with Crippen molar-refractivity contribution in [3.8, 4) is 5.75 Å². The lowest BCUT2D eigenvalue weighted by Gasteiger charge is -2.15. The lowest BCUT2D eigenvalue weighted by Crippen LogP contribution is -2.27. The molecular formula is C19H22F2N2O3S. The van der Waals surface area contributed by atoms with Crippen molar-refractivity contribution in [3.05, 3.63) is 59.7 Å². The van der Waals surface area contributed by atoms with Gasteiger partial charge in [-0.15, -0.1) is 0 Å². The third-order valence-corrected chi connectivity index (χ3v) is 6.37. The molecule has 0 bridgehead atoms. The van der Waals surface area contributed by atoms with E-state index in [9.17, 15) is 17.2 Å². The second kappa shape index (κ2) is 8.77. The number of hydrogen-bond acceptors (Lipinski definition) is 4. The Bertz CT molecular complexity index is 852. The minimum atomic E-state index is -3.41. The molecule has 27 heavy (non-hydrogen) atoms. The van der Waals surface area contributed by atoms with Crippen molar-refractivity contribution in [2.24, 2.45) is 0 Å². The first kappa shape index (κ1) is 19.7. The van der Waals surface area contributed by atoms with Crippen LogP contribution in [0.3, 0.4) is 0 Å². The molecule has 0 radical (unpaired) electrons. The van der Waals surface area contributed by atoms with Crippen molar-refractivity contribution in [2.75, 3.05) is 13.1 Å². The molecule has 1 heterocycles. The van der Waals surface area contributed by atoms with Crippen LogP contribution in [0.15, 0.2) is 53.4 Å². The molecule has 0 unspecified atom stereocenters. The predicted molar refractivity (Wildman–Crippen MR) is 98.1 cm³/mol. The van der Waals surface area contributed by atoms with Crippen LogP contribution in [0.25, 0.3) is 0 Å². The van der Waals surface area contributed by atoms with Crippen molar-refractivity contribution < 1.29 is 21.9 Å². The summed E-state index contributed by atoms with van der Waals surface area (Å²) in [6, 6.07) is 13.4. The van der Waals surface area contributed by atoms with Gasteiger partial charge in [-0.05, 0) is 36.6 Å². The number of hydrogen-bond donors (Lipinski definition) is 1. The largest absolute Gasteiger partial charge is 0.434 e. The summed E-state index contributed by atoms with van der Waals surface area (Å²) >= 11 is 0. The van der Waals surface area contributed by atoms with Crippen LogP contribution in [0.2, 0.25) is 0 Å². The summed E-state index contributed by atoms with van der Waals surface area (Å²) in [5, 5.41) is 3.16. The fourth-order valence-electron chi connectivity index (χ4n) is 3.06. The average molecular weight is 396 g/mol. The summed E-state index contributed by atoms with van der Waals surface area (Å²) in [5.41, 5.74) is 1.54. The van der Waals surface area contributed by atoms with Crippen molar-refractivity contribution >= 4 is 10.0 Å². The van der Waals surface area contributed by atoms with E-state index in [1.165, 1.54) is 10.4 Å². The smallest absolute Gasteiger partial charge is 0.387 e. The normalized spacial score (nSPS) is 15.4. The van der Waals surface area contributed by atoms with Gasteiger partial charge < -0.3 is 10.1 Å². The molecule has 0 aromatic heterocycles. The van der Waals surface area contributed by atoms with Gasteiger partial charge in [-0.1, -0.05) is 30.3 Å². The molecule has 1 saturated heterocycles. The SMILES string of the molecule is O=S(=O)(c1ccc(CNCc2ccccc2OC(F)F)cc1)N1CCCC1. The molecule has 3 rings (SSSR count). The molecule has 2 aromatic rings. The number of nitrogens with one attached hydrogen (secondary N) is 1. The van der Waals surface area contributed by atoms with E-state index in [-0.39, 0.29) is 5.75 Å². The average Bonchev–Trinajstić information content (AvgIpc) is 3.19. The molecule has 1 aliphatic heterocycles. The van der Waals surface area contributed by atoms with E-state index in [0.29, 0.717) is 36.6 Å². The number of alkyl halides is 2. The molecule has 0 amide bonds. The lowest BCUT2D eigenvalue weighted by molar-refractivity contribution is -0.0505. The van der Waals surface area contributed by atoms with E-state index in [1.54, 1.807) is 42.5 Å². The van der Waals surface area contributed by atoms with E-state index in [1.807, 2.05) is 0 Å². The van der Waals surface area contributed by atoms with Gasteiger partial charge in [-0.2, -0.15) is 13.1 Å². The Hall–Kier alpha value is -2.03. The summed E-state index contributed by atoms with van der Waals surface area (Å²) in [6.45, 7) is -0.877. The Morgan fingerprint density at radius 2 is 1.67 bits per heavy atom. The molecule has 1 fully saturated rings. The summed E-state index contributed by atoms with van der Waals surface area (Å²) in [4.78, 5) is 0.295. The fraction of sp³-hybridized carbons (Fsp3) is 0.368. The Morgan fingerprint density at radius 3 is 2.33 bits per heavy atom. The van der Waals surface area contributed by atoms with Gasteiger partial charge in [-0.25, -0.2) is 8.42 Å². The van der Waals surface area contributed by atoms with Crippen molar-refractivity contribution in [3.63, 3.8) is 0 Å². The highest BCUT2D eigenvalue weighted by atomic mass is 32.2. The molecule has 0 saturated carbocycles. The molecule has 0 aliphatic carbocycles. The molecule has 5 nitrogen and oxygen atoms in total. The van der Waals surface area contributed by atoms with E-state index in [2.05, 4.69) is 10.1 Å². The first-order valence-corrected chi connectivity index (χ1v) is 10.2. The number of nitrogens with zero attached hydrogens (tertiary/aromatic N) is 1. The highest BCUT2D eigenvalue weighted by Crippen LogP contribution is 2.22. The Labute approximate surface area is 158 Å². The first-order valence-electron chi connectivity index (χ1n) is 8.79. The summed E-state index contributed by atoms with van der Waals surface area (Å²) < 4.78 is 55.9. The summed E-state index contributed by atoms with van der Waals surface area (Å²) in [6.07, 6.45) is 1.80. The van der Waals surface area contributed by atoms with Gasteiger partial charge in [0.1, 0.15) is 5.75 Å². The van der Waals surface area contributed by atoms with Crippen LogP contribution in [0.1, 0.15) is 24.0 Å². The molecular weight excluding hydrogens is 374 g/mol. The minimum Gasteiger partial charge on any atom is -0.434 e. The first-order chi connectivity index (χ1) is 13.0. The second-order valence-corrected chi connectivity index (χ2v) is 8.28. The molecule has 0 spiro atoms. The van der Waals surface area contributed by atoms with Gasteiger partial charge >= 0.3 is 6.61 Å². The summed E-state index contributed by atoms with van der Waals surface area (Å²) in [5.74, 6) is 0.145. The minimum absolute atomic E-state index is 0.145. The third-order valence-electron chi connectivity index (χ3n) is 4.46. The lowest BCUT2D eigenvalue weighted by atomic mass is 10.2. The van der Waals surface area contributed by atoms with Gasteiger partial charge in [-0.3, -0.25) is 0 Å². The molecule has 8 heteroatoms. The highest BCUT2D eigenvalue weighted by Gasteiger charge is 2.26. The number of benzene rings is 2. The molecule has 1 N–H and O–H groups in total. The van der Waals surface area contributed by atoms with Gasteiger partial charge in [0.15, 0.2) is 0 Å². The third kappa shape index (κ3) is 5.03. The standard InChI is InChI=1S/C19H22F2N2O3S/c20-19(21)26-18-6-2-1-5-16(18)14-22-13-15-7-9-17(10-8-15)27(24,25)23-11-3-4-12-23/h1-2,5-10,19,22H,3-4,11-14H2. The van der Waals surface area contributed by atoms with Crippen LogP contribution in [0, 0.1) is 0 Å². The number of ether oxygens (including phenoxy) is 1. The van der Waals surface area contributed by atoms with Crippen molar-refractivity contribution in [1.82, 2.24) is 9.62 Å². The molecule has 0 atom stereocenters. The van der Waals surface area contributed by atoms with E-state index in [4.69, 9.17) is 0 Å². The number of rotatable bonds is 8. The zero-order valence-electron chi connectivity index (χ0n) is 14.8. The van der Waals surface area contributed by atoms with Crippen molar-refractivity contribution in [2.45, 2.75) is 37.4 Å². The topological polar surface area (TPSA) is 58.6 Å². The maximum Gasteiger partial charge on any atom is 0.387 e. The monoisotopic (exact) mass is 396 g/mol. The zero-order chi connectivity index (χ0) is 19.3. The van der Waals surface area contributed by atoms with E-state index < -0.39 is 16.6 Å². The van der Waals surface area contributed by atoms with Crippen LogP contribution in [-0.2, 0) is 23.1 Å². The summed E-state index contributed by atoms with van der Waals surface area (Å²) in [7, 11) is -3.41. The van der Waals surface area contributed by atoms with Crippen LogP contribution < -0.4 is 10.1 Å². The molecule has 1 aliphatic rings. The number of sulfonamides is 1. The molecule has 146 valence electrons. The van der Waals surface area contributed by atoms with Gasteiger partial charge in [0, 0.05) is 31.7 Å². The van der Waals surface area contributed by atoms with Gasteiger partial charge in [0.05, 0.1) is 4.90 Å². The van der Waals surface area contributed by atoms with Crippen LogP contribution >= 0.6 is 0 Å². The Balaban J connectivity index is 1.58. The highest BCUT2D eigenvalue weighted by molar-refractivity contribution is 7.89. The molecule has 2 aromatic carbocycles.